The lowest BCUT2D eigenvalue weighted by Crippen LogP contribution is -2.00. The SMILES string of the molecule is C=C(C)C(=N)c1cccc(-c2c3ccccc3c(-c3ccc(-c4ccccc4)c4ccccc34)c3ccccc23)c1. The maximum Gasteiger partial charge on any atom is 0.0635 e. The van der Waals surface area contributed by atoms with Gasteiger partial charge in [0.25, 0.3) is 0 Å². The molecule has 0 bridgehead atoms. The highest BCUT2D eigenvalue weighted by molar-refractivity contribution is 6.24. The quantitative estimate of drug-likeness (QED) is 0.171. The Balaban J connectivity index is 1.57. The number of fused-ring (bicyclic) bond motifs is 3. The molecule has 0 aromatic heterocycles. The van der Waals surface area contributed by atoms with E-state index in [1.54, 1.807) is 0 Å². The first-order chi connectivity index (χ1) is 20.1. The first-order valence-corrected chi connectivity index (χ1v) is 14.0. The zero-order valence-electron chi connectivity index (χ0n) is 23.0. The number of hydrogen-bond donors (Lipinski definition) is 1. The van der Waals surface area contributed by atoms with Gasteiger partial charge >= 0.3 is 0 Å². The van der Waals surface area contributed by atoms with Crippen molar-refractivity contribution in [3.63, 3.8) is 0 Å². The number of nitrogens with one attached hydrogen (secondary N) is 1. The second-order valence-corrected chi connectivity index (χ2v) is 10.6. The summed E-state index contributed by atoms with van der Waals surface area (Å²) in [5, 5.41) is 15.9. The summed E-state index contributed by atoms with van der Waals surface area (Å²) < 4.78 is 0. The van der Waals surface area contributed by atoms with Crippen molar-refractivity contribution in [3.05, 3.63) is 157 Å². The van der Waals surface area contributed by atoms with Gasteiger partial charge < -0.3 is 5.41 Å². The van der Waals surface area contributed by atoms with Crippen molar-refractivity contribution in [2.24, 2.45) is 0 Å². The average Bonchev–Trinajstić information content (AvgIpc) is 3.03. The van der Waals surface area contributed by atoms with Crippen LogP contribution < -0.4 is 0 Å². The van der Waals surface area contributed by atoms with Crippen LogP contribution in [0.2, 0.25) is 0 Å². The van der Waals surface area contributed by atoms with Crippen molar-refractivity contribution in [1.29, 1.82) is 5.41 Å². The number of rotatable bonds is 5. The van der Waals surface area contributed by atoms with E-state index in [1.807, 2.05) is 13.0 Å². The predicted octanol–water partition coefficient (Wildman–Crippen LogP) is 11.1. The molecule has 1 N–H and O–H groups in total. The molecule has 0 atom stereocenters. The van der Waals surface area contributed by atoms with Crippen molar-refractivity contribution in [2.75, 3.05) is 0 Å². The lowest BCUT2D eigenvalue weighted by molar-refractivity contribution is 1.44. The highest BCUT2D eigenvalue weighted by Crippen LogP contribution is 2.46. The fourth-order valence-electron chi connectivity index (χ4n) is 6.19. The Kier molecular flexibility index (Phi) is 6.06. The van der Waals surface area contributed by atoms with Crippen molar-refractivity contribution in [1.82, 2.24) is 0 Å². The summed E-state index contributed by atoms with van der Waals surface area (Å²) >= 11 is 0. The summed E-state index contributed by atoms with van der Waals surface area (Å²) in [6.45, 7) is 5.90. The van der Waals surface area contributed by atoms with Gasteiger partial charge in [0.2, 0.25) is 0 Å². The van der Waals surface area contributed by atoms with Crippen LogP contribution in [-0.2, 0) is 0 Å². The monoisotopic (exact) mass is 523 g/mol. The second-order valence-electron chi connectivity index (χ2n) is 10.6. The van der Waals surface area contributed by atoms with E-state index in [-0.39, 0.29) is 0 Å². The van der Waals surface area contributed by atoms with Crippen LogP contribution in [0.3, 0.4) is 0 Å². The molecule has 41 heavy (non-hydrogen) atoms. The molecule has 7 aromatic rings. The summed E-state index contributed by atoms with van der Waals surface area (Å²) in [6, 6.07) is 49.8. The first-order valence-electron chi connectivity index (χ1n) is 14.0. The zero-order valence-corrected chi connectivity index (χ0v) is 23.0. The summed E-state index contributed by atoms with van der Waals surface area (Å²) in [4.78, 5) is 0. The molecule has 7 rings (SSSR count). The maximum atomic E-state index is 8.57. The van der Waals surface area contributed by atoms with Gasteiger partial charge in [0.1, 0.15) is 0 Å². The van der Waals surface area contributed by atoms with Crippen LogP contribution in [0, 0.1) is 5.41 Å². The van der Waals surface area contributed by atoms with E-state index in [9.17, 15) is 0 Å². The van der Waals surface area contributed by atoms with E-state index < -0.39 is 0 Å². The van der Waals surface area contributed by atoms with Crippen molar-refractivity contribution >= 4 is 38.0 Å². The van der Waals surface area contributed by atoms with Gasteiger partial charge in [0.15, 0.2) is 0 Å². The first kappa shape index (κ1) is 24.7. The maximum absolute atomic E-state index is 8.57. The van der Waals surface area contributed by atoms with E-state index in [2.05, 4.69) is 140 Å². The Morgan fingerprint density at radius 1 is 0.463 bits per heavy atom. The molecule has 0 saturated heterocycles. The van der Waals surface area contributed by atoms with E-state index in [4.69, 9.17) is 5.41 Å². The van der Waals surface area contributed by atoms with Crippen LogP contribution >= 0.6 is 0 Å². The van der Waals surface area contributed by atoms with Gasteiger partial charge in [-0.15, -0.1) is 0 Å². The Bertz CT molecular complexity index is 2080. The molecule has 0 unspecified atom stereocenters. The molecule has 194 valence electrons. The fraction of sp³-hybridized carbons (Fsp3) is 0.0250. The second kappa shape index (κ2) is 10.0. The van der Waals surface area contributed by atoms with E-state index >= 15 is 0 Å². The summed E-state index contributed by atoms with van der Waals surface area (Å²) in [7, 11) is 0. The lowest BCUT2D eigenvalue weighted by atomic mass is 9.83. The molecule has 7 aromatic carbocycles. The predicted molar refractivity (Wildman–Crippen MR) is 177 cm³/mol. The summed E-state index contributed by atoms with van der Waals surface area (Å²) in [5.41, 5.74) is 9.37. The molecule has 0 saturated carbocycles. The highest BCUT2D eigenvalue weighted by Gasteiger charge is 2.19. The minimum atomic E-state index is 0.474. The highest BCUT2D eigenvalue weighted by atomic mass is 14.4. The molecule has 0 heterocycles. The number of hydrogen-bond acceptors (Lipinski definition) is 1. The van der Waals surface area contributed by atoms with Crippen LogP contribution in [0.1, 0.15) is 12.5 Å². The van der Waals surface area contributed by atoms with Crippen molar-refractivity contribution < 1.29 is 0 Å². The molecule has 0 fully saturated rings. The van der Waals surface area contributed by atoms with Crippen LogP contribution in [0.25, 0.3) is 65.7 Å². The molecule has 1 heteroatoms. The topological polar surface area (TPSA) is 23.9 Å². The summed E-state index contributed by atoms with van der Waals surface area (Å²) in [5.74, 6) is 0. The largest absolute Gasteiger partial charge is 0.300 e. The van der Waals surface area contributed by atoms with Crippen LogP contribution in [0.15, 0.2) is 152 Å². The Hall–Kier alpha value is -5.27. The van der Waals surface area contributed by atoms with Gasteiger partial charge in [0, 0.05) is 5.56 Å². The van der Waals surface area contributed by atoms with Crippen LogP contribution in [0.5, 0.6) is 0 Å². The molecule has 0 spiro atoms. The molecule has 0 aliphatic rings. The molecule has 0 amide bonds. The number of allylic oxidation sites excluding steroid dienone is 1. The van der Waals surface area contributed by atoms with Gasteiger partial charge in [0.05, 0.1) is 5.71 Å². The molecule has 0 radical (unpaired) electrons. The van der Waals surface area contributed by atoms with Gasteiger partial charge in [-0.25, -0.2) is 0 Å². The lowest BCUT2D eigenvalue weighted by Gasteiger charge is -2.20. The zero-order chi connectivity index (χ0) is 27.9. The van der Waals surface area contributed by atoms with Gasteiger partial charge in [-0.05, 0) is 84.3 Å². The van der Waals surface area contributed by atoms with Gasteiger partial charge in [-0.3, -0.25) is 0 Å². The van der Waals surface area contributed by atoms with Gasteiger partial charge in [-0.1, -0.05) is 140 Å². The summed E-state index contributed by atoms with van der Waals surface area (Å²) in [6.07, 6.45) is 0. The van der Waals surface area contributed by atoms with Crippen molar-refractivity contribution in [3.8, 4) is 33.4 Å². The van der Waals surface area contributed by atoms with E-state index in [1.165, 1.54) is 60.1 Å². The minimum Gasteiger partial charge on any atom is -0.300 e. The average molecular weight is 524 g/mol. The third kappa shape index (κ3) is 4.15. The molecular formula is C40H29N. The molecule has 0 aliphatic carbocycles. The Morgan fingerprint density at radius 3 is 1.51 bits per heavy atom. The van der Waals surface area contributed by atoms with E-state index in [0.717, 1.165) is 16.7 Å². The van der Waals surface area contributed by atoms with E-state index in [0.29, 0.717) is 5.71 Å². The third-order valence-corrected chi connectivity index (χ3v) is 8.08. The Labute approximate surface area is 240 Å². The standard InChI is InChI=1S/C40H29N/c1-26(2)40(41)29-16-12-15-28(25-29)38-33-19-8-10-21-35(33)39(36-22-11-9-20-34(36)38)37-24-23-30(27-13-4-3-5-14-27)31-17-6-7-18-32(31)37/h3-25,41H,1H2,2H3. The Morgan fingerprint density at radius 2 is 0.927 bits per heavy atom. The van der Waals surface area contributed by atoms with Crippen molar-refractivity contribution in [2.45, 2.75) is 6.92 Å². The normalized spacial score (nSPS) is 11.2. The van der Waals surface area contributed by atoms with Crippen LogP contribution in [0.4, 0.5) is 0 Å². The molecule has 0 aliphatic heterocycles. The minimum absolute atomic E-state index is 0.474. The fourth-order valence-corrected chi connectivity index (χ4v) is 6.19. The third-order valence-electron chi connectivity index (χ3n) is 8.08. The molecular weight excluding hydrogens is 494 g/mol. The smallest absolute Gasteiger partial charge is 0.0635 e. The number of benzene rings is 7. The molecule has 1 nitrogen and oxygen atoms in total. The van der Waals surface area contributed by atoms with Crippen LogP contribution in [-0.4, -0.2) is 5.71 Å². The van der Waals surface area contributed by atoms with Gasteiger partial charge in [-0.2, -0.15) is 0 Å².